The Bertz CT molecular complexity index is 1430. The molecule has 1 aliphatic heterocycles. The molecule has 1 unspecified atom stereocenters. The maximum atomic E-state index is 13.3. The summed E-state index contributed by atoms with van der Waals surface area (Å²) in [5.74, 6) is 0.187. The summed E-state index contributed by atoms with van der Waals surface area (Å²) in [6.45, 7) is 5.32. The second-order valence-corrected chi connectivity index (χ2v) is 8.13. The van der Waals surface area contributed by atoms with Crippen LogP contribution in [0.5, 0.6) is 0 Å². The Morgan fingerprint density at radius 1 is 1.15 bits per heavy atom. The molecule has 4 aromatic rings. The fourth-order valence-electron chi connectivity index (χ4n) is 4.24. The molecule has 0 saturated heterocycles. The van der Waals surface area contributed by atoms with Crippen molar-refractivity contribution in [2.24, 2.45) is 0 Å². The fourth-order valence-corrected chi connectivity index (χ4v) is 4.24. The normalized spacial score (nSPS) is 17.0. The van der Waals surface area contributed by atoms with Crippen molar-refractivity contribution < 1.29 is 19.4 Å². The number of aromatic nitrogens is 2. The lowest BCUT2D eigenvalue weighted by molar-refractivity contribution is -0.0542. The molecule has 170 valence electrons. The first kappa shape index (κ1) is 21.4. The minimum atomic E-state index is -1.69. The van der Waals surface area contributed by atoms with Crippen molar-refractivity contribution in [1.82, 2.24) is 14.9 Å². The Balaban J connectivity index is 1.56. The zero-order chi connectivity index (χ0) is 23.9. The molecule has 1 aliphatic rings. The van der Waals surface area contributed by atoms with Crippen molar-refractivity contribution in [1.29, 1.82) is 0 Å². The van der Waals surface area contributed by atoms with Gasteiger partial charge in [-0.25, -0.2) is 9.78 Å². The molecule has 3 aromatic carbocycles. The molecule has 2 heterocycles. The predicted octanol–water partition coefficient (Wildman–Crippen LogP) is 4.49. The van der Waals surface area contributed by atoms with Crippen molar-refractivity contribution in [2.45, 2.75) is 19.2 Å². The number of benzene rings is 3. The van der Waals surface area contributed by atoms with E-state index in [9.17, 15) is 14.7 Å². The summed E-state index contributed by atoms with van der Waals surface area (Å²) < 4.78 is 4.90. The molecule has 1 atom stereocenters. The maximum Gasteiger partial charge on any atom is 0.419 e. The van der Waals surface area contributed by atoms with Crippen LogP contribution in [0.2, 0.25) is 0 Å². The zero-order valence-corrected chi connectivity index (χ0v) is 18.4. The van der Waals surface area contributed by atoms with E-state index in [1.807, 2.05) is 30.3 Å². The molecular formula is C26H22N4O4. The van der Waals surface area contributed by atoms with Gasteiger partial charge in [-0.2, -0.15) is 0 Å². The van der Waals surface area contributed by atoms with Crippen LogP contribution in [0.3, 0.4) is 0 Å². The molecule has 0 aliphatic carbocycles. The monoisotopic (exact) mass is 454 g/mol. The Kier molecular flexibility index (Phi) is 5.14. The van der Waals surface area contributed by atoms with E-state index in [0.717, 1.165) is 5.56 Å². The van der Waals surface area contributed by atoms with Crippen molar-refractivity contribution >= 4 is 29.0 Å². The number of allylic oxidation sites excluding steroid dienone is 1. The number of nitrogens with zero attached hydrogens (tertiary/aromatic N) is 2. The predicted molar refractivity (Wildman–Crippen MR) is 127 cm³/mol. The first-order valence-electron chi connectivity index (χ1n) is 10.7. The highest BCUT2D eigenvalue weighted by molar-refractivity contribution is 6.00. The Hall–Kier alpha value is -4.43. The van der Waals surface area contributed by atoms with Gasteiger partial charge in [0, 0.05) is 23.2 Å². The van der Waals surface area contributed by atoms with Gasteiger partial charge in [-0.1, -0.05) is 61.2 Å². The largest absolute Gasteiger partial charge is 0.419 e. The van der Waals surface area contributed by atoms with Gasteiger partial charge in [-0.15, -0.1) is 0 Å². The number of carbonyl (C=O) groups excluding carboxylic acids is 2. The Morgan fingerprint density at radius 2 is 1.88 bits per heavy atom. The van der Waals surface area contributed by atoms with Gasteiger partial charge in [0.05, 0.1) is 16.8 Å². The molecule has 0 bridgehead atoms. The lowest BCUT2D eigenvalue weighted by Gasteiger charge is -2.35. The number of H-pyrrole nitrogens is 1. The molecule has 8 heteroatoms. The van der Waals surface area contributed by atoms with Gasteiger partial charge < -0.3 is 14.8 Å². The number of anilines is 1. The summed E-state index contributed by atoms with van der Waals surface area (Å²) in [5.41, 5.74) is 1.82. The minimum Gasteiger partial charge on any atom is -0.416 e. The third-order valence-electron chi connectivity index (χ3n) is 5.72. The number of fused-ring (bicyclic) bond motifs is 2. The lowest BCUT2D eigenvalue weighted by Crippen LogP contribution is -2.44. The number of nitrogens with one attached hydrogen (secondary N) is 2. The number of ether oxygens (including phenoxy) is 1. The molecule has 0 saturated carbocycles. The molecule has 2 amide bonds. The lowest BCUT2D eigenvalue weighted by atomic mass is 9.93. The molecule has 8 nitrogen and oxygen atoms in total. The zero-order valence-electron chi connectivity index (χ0n) is 18.4. The smallest absolute Gasteiger partial charge is 0.416 e. The van der Waals surface area contributed by atoms with E-state index in [1.165, 1.54) is 4.90 Å². The second kappa shape index (κ2) is 8.17. The molecule has 3 N–H and O–H groups in total. The standard InChI is InChI=1S/C26H22N4O4/c1-16(2)34-25(32)29-24-27-21-13-12-18(14-22(21)28-24)26(33)20-11-7-6-10-19(20)23(31)30(26)15-17-8-4-3-5-9-17/h3-14,33H,1,15H2,2H3,(H2,27,28,29,32). The molecular weight excluding hydrogens is 432 g/mol. The van der Waals surface area contributed by atoms with Gasteiger partial charge in [0.15, 0.2) is 5.72 Å². The van der Waals surface area contributed by atoms with Gasteiger partial charge in [-0.05, 0) is 30.7 Å². The van der Waals surface area contributed by atoms with E-state index < -0.39 is 11.8 Å². The molecule has 0 fully saturated rings. The van der Waals surface area contributed by atoms with Gasteiger partial charge in [0.25, 0.3) is 5.91 Å². The summed E-state index contributed by atoms with van der Waals surface area (Å²) in [6.07, 6.45) is -0.713. The average molecular weight is 454 g/mol. The maximum absolute atomic E-state index is 13.3. The van der Waals surface area contributed by atoms with Crippen LogP contribution in [0.25, 0.3) is 11.0 Å². The number of carbonyl (C=O) groups is 2. The fraction of sp³-hybridized carbons (Fsp3) is 0.115. The highest BCUT2D eigenvalue weighted by Gasteiger charge is 2.49. The van der Waals surface area contributed by atoms with E-state index in [4.69, 9.17) is 4.74 Å². The summed E-state index contributed by atoms with van der Waals surface area (Å²) in [7, 11) is 0. The van der Waals surface area contributed by atoms with Crippen LogP contribution in [0.4, 0.5) is 10.7 Å². The van der Waals surface area contributed by atoms with Crippen molar-refractivity contribution in [2.75, 3.05) is 5.32 Å². The van der Waals surface area contributed by atoms with Gasteiger partial charge in [0.1, 0.15) is 0 Å². The van der Waals surface area contributed by atoms with Crippen molar-refractivity contribution in [3.63, 3.8) is 0 Å². The van der Waals surface area contributed by atoms with Crippen molar-refractivity contribution in [3.8, 4) is 0 Å². The summed E-state index contributed by atoms with van der Waals surface area (Å²) in [5, 5.41) is 14.6. The Labute approximate surface area is 195 Å². The average Bonchev–Trinajstić information content (AvgIpc) is 3.31. The highest BCUT2D eigenvalue weighted by atomic mass is 16.6. The third kappa shape index (κ3) is 3.60. The minimum absolute atomic E-state index is 0.189. The molecule has 0 spiro atoms. The van der Waals surface area contributed by atoms with E-state index >= 15 is 0 Å². The van der Waals surface area contributed by atoms with E-state index in [0.29, 0.717) is 27.7 Å². The number of imidazole rings is 1. The molecule has 34 heavy (non-hydrogen) atoms. The number of hydrogen-bond acceptors (Lipinski definition) is 5. The summed E-state index contributed by atoms with van der Waals surface area (Å²) in [4.78, 5) is 34.0. The number of aromatic amines is 1. The topological polar surface area (TPSA) is 108 Å². The molecule has 5 rings (SSSR count). The van der Waals surface area contributed by atoms with Crippen molar-refractivity contribution in [3.05, 3.63) is 107 Å². The second-order valence-electron chi connectivity index (χ2n) is 8.13. The number of rotatable bonds is 5. The van der Waals surface area contributed by atoms with Crippen LogP contribution < -0.4 is 5.32 Å². The van der Waals surface area contributed by atoms with E-state index in [1.54, 1.807) is 49.4 Å². The summed E-state index contributed by atoms with van der Waals surface area (Å²) in [6, 6.07) is 21.8. The van der Waals surface area contributed by atoms with Gasteiger partial charge >= 0.3 is 6.09 Å². The molecule has 0 radical (unpaired) electrons. The first-order chi connectivity index (χ1) is 16.4. The van der Waals surface area contributed by atoms with Crippen LogP contribution in [-0.4, -0.2) is 32.0 Å². The number of amides is 2. The SMILES string of the molecule is C=C(C)OC(=O)Nc1nc2ccc(C3(O)c4ccccc4C(=O)N3Cc3ccccc3)cc2[nH]1. The van der Waals surface area contributed by atoms with Crippen LogP contribution >= 0.6 is 0 Å². The van der Waals surface area contributed by atoms with E-state index in [2.05, 4.69) is 21.9 Å². The van der Waals surface area contributed by atoms with Crippen LogP contribution in [-0.2, 0) is 17.0 Å². The van der Waals surface area contributed by atoms with Gasteiger partial charge in [-0.3, -0.25) is 15.0 Å². The summed E-state index contributed by atoms with van der Waals surface area (Å²) >= 11 is 0. The highest BCUT2D eigenvalue weighted by Crippen LogP contribution is 2.43. The molecule has 1 aromatic heterocycles. The van der Waals surface area contributed by atoms with Crippen LogP contribution in [0, 0.1) is 0 Å². The first-order valence-corrected chi connectivity index (χ1v) is 10.7. The Morgan fingerprint density at radius 3 is 2.65 bits per heavy atom. The van der Waals surface area contributed by atoms with E-state index in [-0.39, 0.29) is 24.2 Å². The van der Waals surface area contributed by atoms with Crippen LogP contribution in [0.15, 0.2) is 85.1 Å². The third-order valence-corrected chi connectivity index (χ3v) is 5.72. The van der Waals surface area contributed by atoms with Gasteiger partial charge in [0.2, 0.25) is 5.95 Å². The number of aliphatic hydroxyl groups is 1. The number of hydrogen-bond donors (Lipinski definition) is 3. The quantitative estimate of drug-likeness (QED) is 0.385. The van der Waals surface area contributed by atoms with Crippen LogP contribution in [0.1, 0.15) is 34.0 Å².